The lowest BCUT2D eigenvalue weighted by molar-refractivity contribution is 0.947. The number of fused-ring (bicyclic) bond motifs is 1. The molecule has 25 heavy (non-hydrogen) atoms. The summed E-state index contributed by atoms with van der Waals surface area (Å²) in [4.78, 5) is 12.7. The van der Waals surface area contributed by atoms with Crippen molar-refractivity contribution in [3.63, 3.8) is 0 Å². The van der Waals surface area contributed by atoms with E-state index in [1.54, 1.807) is 29.2 Å². The van der Waals surface area contributed by atoms with Gasteiger partial charge in [-0.2, -0.15) is 9.61 Å². The number of hydrogen-bond acceptors (Lipinski definition) is 5. The van der Waals surface area contributed by atoms with Crippen molar-refractivity contribution in [3.8, 4) is 11.3 Å². The quantitative estimate of drug-likeness (QED) is 0.490. The van der Waals surface area contributed by atoms with Crippen LogP contribution < -0.4 is 5.32 Å². The Bertz CT molecular complexity index is 1070. The summed E-state index contributed by atoms with van der Waals surface area (Å²) in [6, 6.07) is 7.28. The van der Waals surface area contributed by atoms with Crippen LogP contribution in [0.5, 0.6) is 0 Å². The Morgan fingerprint density at radius 3 is 2.68 bits per heavy atom. The maximum atomic E-state index is 6.36. The lowest BCUT2D eigenvalue weighted by Gasteiger charge is -2.11. The predicted molar refractivity (Wildman–Crippen MR) is 101 cm³/mol. The fourth-order valence-electron chi connectivity index (χ4n) is 2.38. The largest absolute Gasteiger partial charge is 0.338 e. The van der Waals surface area contributed by atoms with Crippen LogP contribution in [0.2, 0.25) is 10.0 Å². The second kappa shape index (κ2) is 6.59. The molecule has 0 aliphatic carbocycles. The number of hydrogen-bond donors (Lipinski definition) is 1. The predicted octanol–water partition coefficient (Wildman–Crippen LogP) is 5.00. The van der Waals surface area contributed by atoms with Crippen LogP contribution in [0.25, 0.3) is 16.9 Å². The Hall–Kier alpha value is -2.22. The van der Waals surface area contributed by atoms with Crippen LogP contribution in [0.1, 0.15) is 0 Å². The summed E-state index contributed by atoms with van der Waals surface area (Å²) in [5.41, 5.74) is 2.77. The number of halogens is 3. The van der Waals surface area contributed by atoms with Gasteiger partial charge >= 0.3 is 0 Å². The first-order valence-corrected chi connectivity index (χ1v) is 8.69. The second-order valence-electron chi connectivity index (χ2n) is 5.11. The van der Waals surface area contributed by atoms with E-state index in [1.807, 2.05) is 18.2 Å². The third-order valence-corrected chi connectivity index (χ3v) is 4.87. The molecule has 6 nitrogen and oxygen atoms in total. The second-order valence-corrected chi connectivity index (χ2v) is 6.75. The fraction of sp³-hybridized carbons (Fsp3) is 0. The van der Waals surface area contributed by atoms with Crippen LogP contribution in [-0.4, -0.2) is 24.6 Å². The Morgan fingerprint density at radius 1 is 1.08 bits per heavy atom. The van der Waals surface area contributed by atoms with Crippen molar-refractivity contribution < 1.29 is 0 Å². The van der Waals surface area contributed by atoms with Crippen LogP contribution in [0, 0.1) is 0 Å². The van der Waals surface area contributed by atoms with Gasteiger partial charge in [0.2, 0.25) is 0 Å². The maximum Gasteiger partial charge on any atom is 0.172 e. The molecule has 1 aromatic carbocycles. The first-order valence-electron chi connectivity index (χ1n) is 7.14. The first-order chi connectivity index (χ1) is 12.1. The third kappa shape index (κ3) is 3.06. The van der Waals surface area contributed by atoms with Crippen LogP contribution in [-0.2, 0) is 0 Å². The maximum absolute atomic E-state index is 6.36. The van der Waals surface area contributed by atoms with Crippen LogP contribution >= 0.6 is 39.1 Å². The molecule has 4 aromatic rings. The molecular formula is C16H9BrCl2N6. The molecule has 0 radical (unpaired) electrons. The summed E-state index contributed by atoms with van der Waals surface area (Å²) in [5.74, 6) is 0.691. The summed E-state index contributed by atoms with van der Waals surface area (Å²) in [5, 5.41) is 8.50. The third-order valence-electron chi connectivity index (χ3n) is 3.49. The molecule has 0 saturated heterocycles. The minimum absolute atomic E-state index is 0.450. The van der Waals surface area contributed by atoms with Crippen molar-refractivity contribution in [1.82, 2.24) is 24.6 Å². The van der Waals surface area contributed by atoms with Gasteiger partial charge in [0.05, 0.1) is 44.5 Å². The number of aromatic nitrogens is 5. The number of benzene rings is 1. The molecule has 124 valence electrons. The zero-order valence-electron chi connectivity index (χ0n) is 12.5. The molecular weight excluding hydrogens is 427 g/mol. The summed E-state index contributed by atoms with van der Waals surface area (Å²) in [6.45, 7) is 0. The summed E-state index contributed by atoms with van der Waals surface area (Å²) < 4.78 is 2.44. The van der Waals surface area contributed by atoms with Crippen LogP contribution in [0.3, 0.4) is 0 Å². The minimum atomic E-state index is 0.450. The van der Waals surface area contributed by atoms with Gasteiger partial charge in [-0.1, -0.05) is 35.3 Å². The molecule has 4 rings (SSSR count). The molecule has 0 atom stereocenters. The van der Waals surface area contributed by atoms with E-state index in [2.05, 4.69) is 41.3 Å². The number of anilines is 2. The smallest absolute Gasteiger partial charge is 0.172 e. The van der Waals surface area contributed by atoms with Crippen molar-refractivity contribution in [3.05, 3.63) is 63.7 Å². The van der Waals surface area contributed by atoms with Gasteiger partial charge < -0.3 is 5.32 Å². The average molecular weight is 436 g/mol. The van der Waals surface area contributed by atoms with E-state index in [1.165, 1.54) is 6.33 Å². The van der Waals surface area contributed by atoms with E-state index in [0.29, 0.717) is 27.2 Å². The van der Waals surface area contributed by atoms with Gasteiger partial charge in [0.15, 0.2) is 5.65 Å². The summed E-state index contributed by atoms with van der Waals surface area (Å²) in [6.07, 6.45) is 6.49. The van der Waals surface area contributed by atoms with Crippen molar-refractivity contribution in [1.29, 1.82) is 0 Å². The molecule has 0 aliphatic heterocycles. The molecule has 3 aromatic heterocycles. The number of nitrogens with one attached hydrogen (secondary N) is 1. The van der Waals surface area contributed by atoms with Crippen molar-refractivity contribution in [2.75, 3.05) is 5.32 Å². The normalized spacial score (nSPS) is 11.0. The lowest BCUT2D eigenvalue weighted by atomic mass is 10.1. The Kier molecular flexibility index (Phi) is 4.29. The van der Waals surface area contributed by atoms with Gasteiger partial charge in [-0.05, 0) is 22.0 Å². The highest BCUT2D eigenvalue weighted by Gasteiger charge is 2.14. The van der Waals surface area contributed by atoms with Gasteiger partial charge in [0, 0.05) is 11.6 Å². The first kappa shape index (κ1) is 16.3. The molecule has 0 unspecified atom stereocenters. The van der Waals surface area contributed by atoms with Gasteiger partial charge in [-0.25, -0.2) is 15.0 Å². The highest BCUT2D eigenvalue weighted by atomic mass is 79.9. The van der Waals surface area contributed by atoms with Gasteiger partial charge in [-0.15, -0.1) is 0 Å². The van der Waals surface area contributed by atoms with Crippen LogP contribution in [0.4, 0.5) is 11.5 Å². The average Bonchev–Trinajstić information content (AvgIpc) is 3.00. The lowest BCUT2D eigenvalue weighted by Crippen LogP contribution is -2.03. The van der Waals surface area contributed by atoms with E-state index in [9.17, 15) is 0 Å². The molecule has 0 amide bonds. The standard InChI is InChI=1S/C16H9BrCl2N6/c17-11-7-22-25-14(23-9-5-20-8-21-6-9)4-13(24-16(11)25)10-2-1-3-12(18)15(10)19/h1-8,23H. The Balaban J connectivity index is 1.91. The van der Waals surface area contributed by atoms with E-state index >= 15 is 0 Å². The molecule has 0 bridgehead atoms. The minimum Gasteiger partial charge on any atom is -0.338 e. The van der Waals surface area contributed by atoms with E-state index in [4.69, 9.17) is 23.2 Å². The van der Waals surface area contributed by atoms with E-state index in [-0.39, 0.29) is 0 Å². The van der Waals surface area contributed by atoms with Gasteiger partial charge in [0.1, 0.15) is 12.1 Å². The number of rotatable bonds is 3. The monoisotopic (exact) mass is 434 g/mol. The summed E-state index contributed by atoms with van der Waals surface area (Å²) in [7, 11) is 0. The molecule has 9 heteroatoms. The Labute approximate surface area is 161 Å². The van der Waals surface area contributed by atoms with Crippen molar-refractivity contribution >= 4 is 56.3 Å². The van der Waals surface area contributed by atoms with Gasteiger partial charge in [-0.3, -0.25) is 0 Å². The van der Waals surface area contributed by atoms with Gasteiger partial charge in [0.25, 0.3) is 0 Å². The zero-order valence-corrected chi connectivity index (χ0v) is 15.6. The number of nitrogens with zero attached hydrogens (tertiary/aromatic N) is 5. The Morgan fingerprint density at radius 2 is 1.88 bits per heavy atom. The van der Waals surface area contributed by atoms with Crippen LogP contribution in [0.15, 0.2) is 53.7 Å². The van der Waals surface area contributed by atoms with E-state index < -0.39 is 0 Å². The van der Waals surface area contributed by atoms with Crippen molar-refractivity contribution in [2.45, 2.75) is 0 Å². The topological polar surface area (TPSA) is 68.0 Å². The molecule has 0 fully saturated rings. The van der Waals surface area contributed by atoms with Crippen molar-refractivity contribution in [2.24, 2.45) is 0 Å². The molecule has 0 spiro atoms. The zero-order chi connectivity index (χ0) is 17.4. The molecule has 3 heterocycles. The molecule has 0 aliphatic rings. The SMILES string of the molecule is Clc1cccc(-c2cc(Nc3cncnc3)n3ncc(Br)c3n2)c1Cl. The summed E-state index contributed by atoms with van der Waals surface area (Å²) >= 11 is 16.0. The fourth-order valence-corrected chi connectivity index (χ4v) is 3.12. The highest BCUT2D eigenvalue weighted by Crippen LogP contribution is 2.34. The highest BCUT2D eigenvalue weighted by molar-refractivity contribution is 9.10. The van der Waals surface area contributed by atoms with E-state index in [0.717, 1.165) is 15.7 Å². The molecule has 0 saturated carbocycles. The molecule has 1 N–H and O–H groups in total.